The van der Waals surface area contributed by atoms with Crippen LogP contribution in [0.5, 0.6) is 0 Å². The molecule has 7 nitrogen and oxygen atoms in total. The molecule has 0 heterocycles. The smallest absolute Gasteiger partial charge is 0.273 e. The van der Waals surface area contributed by atoms with Gasteiger partial charge in [-0.1, -0.05) is 48.5 Å². The maximum Gasteiger partial charge on any atom is 0.273 e. The predicted octanol–water partition coefficient (Wildman–Crippen LogP) is 2.30. The van der Waals surface area contributed by atoms with Crippen LogP contribution in [0.2, 0.25) is 0 Å². The molecule has 0 saturated heterocycles. The molecule has 2 amide bonds. The fraction of sp³-hybridized carbons (Fsp3) is 0.263. The van der Waals surface area contributed by atoms with E-state index in [1.54, 1.807) is 25.1 Å². The minimum Gasteiger partial charge on any atom is -0.357 e. The molecular formula is C19H21N3O4. The van der Waals surface area contributed by atoms with E-state index in [0.29, 0.717) is 5.56 Å². The highest BCUT2D eigenvalue weighted by Crippen LogP contribution is 2.20. The molecule has 0 aliphatic heterocycles. The normalized spacial score (nSPS) is 11.5. The van der Waals surface area contributed by atoms with Crippen molar-refractivity contribution in [2.75, 3.05) is 7.05 Å². The van der Waals surface area contributed by atoms with Crippen molar-refractivity contribution in [2.24, 2.45) is 0 Å². The number of nitro groups is 1. The largest absolute Gasteiger partial charge is 0.357 e. The van der Waals surface area contributed by atoms with Crippen molar-refractivity contribution in [1.29, 1.82) is 0 Å². The Morgan fingerprint density at radius 2 is 1.73 bits per heavy atom. The maximum absolute atomic E-state index is 12.9. The molecule has 7 heteroatoms. The minimum absolute atomic E-state index is 0.104. The quantitative estimate of drug-likeness (QED) is 0.609. The number of para-hydroxylation sites is 1. The second-order valence-electron chi connectivity index (χ2n) is 5.86. The SMILES string of the molecule is CNC(=O)[C@@H](C)N(Cc1ccccc1)C(=O)Cc1ccccc1[N+](=O)[O-]. The number of likely N-dealkylation sites (N-methyl/N-ethyl adjacent to an activating group) is 1. The first-order valence-corrected chi connectivity index (χ1v) is 8.21. The van der Waals surface area contributed by atoms with Crippen molar-refractivity contribution in [1.82, 2.24) is 10.2 Å². The fourth-order valence-corrected chi connectivity index (χ4v) is 2.67. The van der Waals surface area contributed by atoms with Crippen LogP contribution < -0.4 is 5.32 Å². The summed E-state index contributed by atoms with van der Waals surface area (Å²) in [6.07, 6.45) is -0.147. The second kappa shape index (κ2) is 8.75. The molecule has 136 valence electrons. The average molecular weight is 355 g/mol. The number of carbonyl (C=O) groups is 2. The van der Waals surface area contributed by atoms with Crippen LogP contribution in [-0.2, 0) is 22.6 Å². The summed E-state index contributed by atoms with van der Waals surface area (Å²) in [5.41, 5.74) is 1.09. The van der Waals surface area contributed by atoms with Gasteiger partial charge in [0.1, 0.15) is 6.04 Å². The van der Waals surface area contributed by atoms with Gasteiger partial charge in [0, 0.05) is 25.2 Å². The van der Waals surface area contributed by atoms with E-state index in [1.165, 1.54) is 18.0 Å². The molecule has 1 atom stereocenters. The van der Waals surface area contributed by atoms with Crippen molar-refractivity contribution in [3.63, 3.8) is 0 Å². The molecule has 0 bridgehead atoms. The molecule has 0 radical (unpaired) electrons. The Morgan fingerprint density at radius 3 is 2.35 bits per heavy atom. The third-order valence-electron chi connectivity index (χ3n) is 4.14. The van der Waals surface area contributed by atoms with E-state index < -0.39 is 11.0 Å². The van der Waals surface area contributed by atoms with Gasteiger partial charge < -0.3 is 10.2 Å². The first-order valence-electron chi connectivity index (χ1n) is 8.21. The summed E-state index contributed by atoms with van der Waals surface area (Å²) in [6, 6.07) is 14.7. The van der Waals surface area contributed by atoms with Gasteiger partial charge in [-0.15, -0.1) is 0 Å². The van der Waals surface area contributed by atoms with Gasteiger partial charge >= 0.3 is 0 Å². The number of nitro benzene ring substituents is 1. The number of carbonyl (C=O) groups excluding carboxylic acids is 2. The Hall–Kier alpha value is -3.22. The summed E-state index contributed by atoms with van der Waals surface area (Å²) in [5.74, 6) is -0.643. The lowest BCUT2D eigenvalue weighted by Crippen LogP contribution is -2.47. The van der Waals surface area contributed by atoms with Gasteiger partial charge in [-0.3, -0.25) is 19.7 Å². The monoisotopic (exact) mass is 355 g/mol. The Labute approximate surface area is 151 Å². The number of hydrogen-bond acceptors (Lipinski definition) is 4. The van der Waals surface area contributed by atoms with Crippen LogP contribution in [0.15, 0.2) is 54.6 Å². The number of amides is 2. The Kier molecular flexibility index (Phi) is 6.43. The maximum atomic E-state index is 12.9. The molecule has 2 aromatic rings. The highest BCUT2D eigenvalue weighted by Gasteiger charge is 2.27. The van der Waals surface area contributed by atoms with Crippen molar-refractivity contribution in [3.05, 3.63) is 75.8 Å². The van der Waals surface area contributed by atoms with Crippen molar-refractivity contribution in [2.45, 2.75) is 25.9 Å². The lowest BCUT2D eigenvalue weighted by atomic mass is 10.1. The van der Waals surface area contributed by atoms with Crippen LogP contribution >= 0.6 is 0 Å². The molecular weight excluding hydrogens is 334 g/mol. The van der Waals surface area contributed by atoms with Crippen molar-refractivity contribution >= 4 is 17.5 Å². The molecule has 2 aromatic carbocycles. The average Bonchev–Trinajstić information content (AvgIpc) is 2.65. The highest BCUT2D eigenvalue weighted by molar-refractivity contribution is 5.88. The van der Waals surface area contributed by atoms with E-state index >= 15 is 0 Å². The zero-order valence-electron chi connectivity index (χ0n) is 14.7. The lowest BCUT2D eigenvalue weighted by molar-refractivity contribution is -0.385. The van der Waals surface area contributed by atoms with Gasteiger partial charge in [-0.25, -0.2) is 0 Å². The first kappa shape index (κ1) is 19.1. The summed E-state index contributed by atoms with van der Waals surface area (Å²) in [5, 5.41) is 13.7. The molecule has 0 aliphatic rings. The van der Waals surface area contributed by atoms with E-state index in [4.69, 9.17) is 0 Å². The van der Waals surface area contributed by atoms with Gasteiger partial charge in [0.2, 0.25) is 11.8 Å². The van der Waals surface area contributed by atoms with Crippen LogP contribution in [0.1, 0.15) is 18.1 Å². The van der Waals surface area contributed by atoms with Crippen LogP contribution in [0.3, 0.4) is 0 Å². The standard InChI is InChI=1S/C19H21N3O4/c1-14(19(24)20-2)21(13-15-8-4-3-5-9-15)18(23)12-16-10-6-7-11-17(16)22(25)26/h3-11,14H,12-13H2,1-2H3,(H,20,24)/t14-/m1/s1. The lowest BCUT2D eigenvalue weighted by Gasteiger charge is -2.28. The summed E-state index contributed by atoms with van der Waals surface area (Å²) in [6.45, 7) is 1.88. The van der Waals surface area contributed by atoms with E-state index in [2.05, 4.69) is 5.32 Å². The van der Waals surface area contributed by atoms with Gasteiger partial charge in [0.05, 0.1) is 11.3 Å². The minimum atomic E-state index is -0.699. The molecule has 0 fully saturated rings. The third-order valence-corrected chi connectivity index (χ3v) is 4.14. The molecule has 0 saturated carbocycles. The third kappa shape index (κ3) is 4.66. The van der Waals surface area contributed by atoms with Crippen molar-refractivity contribution < 1.29 is 14.5 Å². The zero-order valence-corrected chi connectivity index (χ0v) is 14.7. The van der Waals surface area contributed by atoms with Crippen LogP contribution in [0.4, 0.5) is 5.69 Å². The number of nitrogens with zero attached hydrogens (tertiary/aromatic N) is 2. The molecule has 26 heavy (non-hydrogen) atoms. The summed E-state index contributed by atoms with van der Waals surface area (Å²) in [4.78, 5) is 37.0. The molecule has 0 aliphatic carbocycles. The molecule has 1 N–H and O–H groups in total. The summed E-state index contributed by atoms with van der Waals surface area (Å²) in [7, 11) is 1.51. The number of rotatable bonds is 7. The molecule has 0 aromatic heterocycles. The van der Waals surface area contributed by atoms with Gasteiger partial charge in [0.15, 0.2) is 0 Å². The summed E-state index contributed by atoms with van der Waals surface area (Å²) >= 11 is 0. The second-order valence-corrected chi connectivity index (χ2v) is 5.86. The molecule has 0 unspecified atom stereocenters. The van der Waals surface area contributed by atoms with E-state index in [1.807, 2.05) is 30.3 Å². The molecule has 2 rings (SSSR count). The van der Waals surface area contributed by atoms with E-state index in [-0.39, 0.29) is 30.5 Å². The molecule has 0 spiro atoms. The predicted molar refractivity (Wildman–Crippen MR) is 97.3 cm³/mol. The van der Waals surface area contributed by atoms with Gasteiger partial charge in [-0.2, -0.15) is 0 Å². The van der Waals surface area contributed by atoms with Gasteiger partial charge in [0.25, 0.3) is 5.69 Å². The van der Waals surface area contributed by atoms with E-state index in [0.717, 1.165) is 5.56 Å². The van der Waals surface area contributed by atoms with Gasteiger partial charge in [-0.05, 0) is 12.5 Å². The summed E-state index contributed by atoms with van der Waals surface area (Å²) < 4.78 is 0. The Balaban J connectivity index is 2.28. The zero-order chi connectivity index (χ0) is 19.1. The number of hydrogen-bond donors (Lipinski definition) is 1. The Morgan fingerprint density at radius 1 is 1.12 bits per heavy atom. The van der Waals surface area contributed by atoms with Crippen LogP contribution in [-0.4, -0.2) is 34.7 Å². The van der Waals surface area contributed by atoms with Crippen LogP contribution in [0, 0.1) is 10.1 Å². The van der Waals surface area contributed by atoms with Crippen molar-refractivity contribution in [3.8, 4) is 0 Å². The number of benzene rings is 2. The highest BCUT2D eigenvalue weighted by atomic mass is 16.6. The topological polar surface area (TPSA) is 92.6 Å². The fourth-order valence-electron chi connectivity index (χ4n) is 2.67. The van der Waals surface area contributed by atoms with Crippen LogP contribution in [0.25, 0.3) is 0 Å². The number of nitrogens with one attached hydrogen (secondary N) is 1. The Bertz CT molecular complexity index is 792. The first-order chi connectivity index (χ1) is 12.4. The van der Waals surface area contributed by atoms with E-state index in [9.17, 15) is 19.7 Å².